The molecule has 1 heterocycles. The minimum atomic E-state index is -0.777. The van der Waals surface area contributed by atoms with Gasteiger partial charge in [0.2, 0.25) is 0 Å². The van der Waals surface area contributed by atoms with Crippen LogP contribution in [0.1, 0.15) is 46.0 Å². The monoisotopic (exact) mass is 334 g/mol. The summed E-state index contributed by atoms with van der Waals surface area (Å²) in [5.74, 6) is 1.14. The van der Waals surface area contributed by atoms with Crippen LogP contribution in [0.2, 0.25) is 0 Å². The number of rotatable bonds is 3. The molecule has 2 saturated carbocycles. The molecule has 2 aliphatic carbocycles. The number of fused-ring (bicyclic) bond motifs is 1. The number of hydrogen-bond donors (Lipinski definition) is 1. The number of carbonyl (C=O) groups excluding carboxylic acids is 1. The fourth-order valence-electron chi connectivity index (χ4n) is 5.46. The summed E-state index contributed by atoms with van der Waals surface area (Å²) in [7, 11) is 1.82. The summed E-state index contributed by atoms with van der Waals surface area (Å²) in [6, 6.07) is 0. The Balaban J connectivity index is 1.82. The third-order valence-electron chi connectivity index (χ3n) is 6.94. The first-order valence-corrected chi connectivity index (χ1v) is 9.14. The topological polar surface area (TPSA) is 55.8 Å². The number of aliphatic hydroxyl groups is 1. The van der Waals surface area contributed by atoms with Crippen molar-refractivity contribution in [2.24, 2.45) is 23.2 Å². The van der Waals surface area contributed by atoms with E-state index in [1.165, 1.54) is 12.0 Å². The first-order valence-electron chi connectivity index (χ1n) is 9.14. The molecule has 0 spiro atoms. The first kappa shape index (κ1) is 17.7. The molecule has 6 atom stereocenters. The number of methoxy groups -OCH3 is 1. The van der Waals surface area contributed by atoms with E-state index in [2.05, 4.69) is 20.4 Å². The van der Waals surface area contributed by atoms with Crippen molar-refractivity contribution in [2.45, 2.75) is 58.2 Å². The fraction of sp³-hybridized carbons (Fsp3) is 0.750. The van der Waals surface area contributed by atoms with Crippen LogP contribution < -0.4 is 0 Å². The molecule has 134 valence electrons. The van der Waals surface area contributed by atoms with Gasteiger partial charge in [-0.15, -0.1) is 0 Å². The van der Waals surface area contributed by atoms with E-state index >= 15 is 0 Å². The lowest BCUT2D eigenvalue weighted by Crippen LogP contribution is -2.50. The maximum absolute atomic E-state index is 11.7. The molecule has 3 rings (SSSR count). The molecule has 0 aromatic heterocycles. The van der Waals surface area contributed by atoms with Gasteiger partial charge in [-0.05, 0) is 55.3 Å². The van der Waals surface area contributed by atoms with Gasteiger partial charge in [-0.2, -0.15) is 0 Å². The van der Waals surface area contributed by atoms with E-state index < -0.39 is 6.10 Å². The summed E-state index contributed by atoms with van der Waals surface area (Å²) in [5, 5.41) is 9.91. The summed E-state index contributed by atoms with van der Waals surface area (Å²) in [6.07, 6.45) is 6.65. The van der Waals surface area contributed by atoms with Crippen LogP contribution in [0.5, 0.6) is 0 Å². The van der Waals surface area contributed by atoms with Gasteiger partial charge < -0.3 is 14.6 Å². The number of esters is 1. The minimum Gasteiger partial charge on any atom is -0.459 e. The van der Waals surface area contributed by atoms with Crippen LogP contribution in [0, 0.1) is 23.2 Å². The van der Waals surface area contributed by atoms with Crippen molar-refractivity contribution in [3.8, 4) is 0 Å². The Kier molecular flexibility index (Phi) is 4.89. The summed E-state index contributed by atoms with van der Waals surface area (Å²) in [4.78, 5) is 11.7. The van der Waals surface area contributed by atoms with Gasteiger partial charge in [-0.3, -0.25) is 0 Å². The van der Waals surface area contributed by atoms with E-state index in [0.717, 1.165) is 25.7 Å². The Morgan fingerprint density at radius 2 is 2.21 bits per heavy atom. The normalized spacial score (nSPS) is 44.5. The van der Waals surface area contributed by atoms with Crippen LogP contribution in [0.15, 0.2) is 23.8 Å². The van der Waals surface area contributed by atoms with E-state index in [9.17, 15) is 9.90 Å². The van der Waals surface area contributed by atoms with Crippen LogP contribution >= 0.6 is 0 Å². The molecular formula is C20H30O4. The smallest absolute Gasteiger partial charge is 0.336 e. The number of carbonyl (C=O) groups is 1. The Bertz CT molecular complexity index is 552. The van der Waals surface area contributed by atoms with E-state index in [-0.39, 0.29) is 18.0 Å². The highest BCUT2D eigenvalue weighted by atomic mass is 16.6. The summed E-state index contributed by atoms with van der Waals surface area (Å²) in [5.41, 5.74) is 1.90. The summed E-state index contributed by atoms with van der Waals surface area (Å²) >= 11 is 0. The lowest BCUT2D eigenvalue weighted by atomic mass is 9.50. The number of cyclic esters (lactones) is 1. The highest BCUT2D eigenvalue weighted by molar-refractivity contribution is 5.91. The predicted octanol–water partition coefficient (Wildman–Crippen LogP) is 3.25. The van der Waals surface area contributed by atoms with Gasteiger partial charge in [0.15, 0.2) is 0 Å². The van der Waals surface area contributed by atoms with Gasteiger partial charge in [0, 0.05) is 7.11 Å². The van der Waals surface area contributed by atoms with Crippen molar-refractivity contribution in [1.82, 2.24) is 0 Å². The van der Waals surface area contributed by atoms with Gasteiger partial charge in [-0.25, -0.2) is 4.79 Å². The predicted molar refractivity (Wildman–Crippen MR) is 92.3 cm³/mol. The molecule has 0 bridgehead atoms. The van der Waals surface area contributed by atoms with Gasteiger partial charge in [-0.1, -0.05) is 32.1 Å². The Morgan fingerprint density at radius 1 is 1.46 bits per heavy atom. The molecule has 1 N–H and O–H groups in total. The van der Waals surface area contributed by atoms with Crippen LogP contribution in [-0.4, -0.2) is 37.0 Å². The molecule has 0 amide bonds. The average molecular weight is 334 g/mol. The third kappa shape index (κ3) is 2.84. The van der Waals surface area contributed by atoms with E-state index in [0.29, 0.717) is 29.4 Å². The molecule has 0 aromatic carbocycles. The molecule has 1 aliphatic heterocycles. The number of hydrogen-bond acceptors (Lipinski definition) is 4. The van der Waals surface area contributed by atoms with E-state index in [1.807, 2.05) is 13.2 Å². The van der Waals surface area contributed by atoms with Gasteiger partial charge in [0.25, 0.3) is 0 Å². The molecule has 0 unspecified atom stereocenters. The van der Waals surface area contributed by atoms with Crippen LogP contribution in [-0.2, 0) is 14.3 Å². The molecule has 4 heteroatoms. The van der Waals surface area contributed by atoms with Crippen molar-refractivity contribution in [3.05, 3.63) is 23.8 Å². The second kappa shape index (κ2) is 6.64. The van der Waals surface area contributed by atoms with Crippen molar-refractivity contribution >= 4 is 5.97 Å². The lowest BCUT2D eigenvalue weighted by Gasteiger charge is -2.55. The maximum Gasteiger partial charge on any atom is 0.336 e. The molecule has 0 aromatic rings. The van der Waals surface area contributed by atoms with Crippen LogP contribution in [0.3, 0.4) is 0 Å². The molecule has 1 saturated heterocycles. The van der Waals surface area contributed by atoms with Crippen molar-refractivity contribution in [3.63, 3.8) is 0 Å². The quantitative estimate of drug-likeness (QED) is 0.489. The van der Waals surface area contributed by atoms with Crippen LogP contribution in [0.4, 0.5) is 0 Å². The SMILES string of the molecule is C=C1CC[C@@H]2[C@@H](C)[C@H](OC)CC[C@@]2(C)[C@@H]1C/C=C1/C(=O)OC[C@H]1O. The summed E-state index contributed by atoms with van der Waals surface area (Å²) in [6.45, 7) is 9.13. The Labute approximate surface area is 144 Å². The number of ether oxygens (including phenoxy) is 2. The standard InChI is InChI=1S/C20H30O4/c1-12-5-7-16-13(2)18(23-4)9-10-20(16,3)15(12)8-6-14-17(21)11-24-19(14)22/h6,13,15-18,21H,1,5,7-11H2,2-4H3/b14-6+/t13-,15-,16-,17-,18-,20+/m1/s1. The molecule has 24 heavy (non-hydrogen) atoms. The molecular weight excluding hydrogens is 304 g/mol. The van der Waals surface area contributed by atoms with Crippen molar-refractivity contribution < 1.29 is 19.4 Å². The molecule has 4 nitrogen and oxygen atoms in total. The van der Waals surface area contributed by atoms with Gasteiger partial charge in [0.05, 0.1) is 11.7 Å². The van der Waals surface area contributed by atoms with Crippen LogP contribution in [0.25, 0.3) is 0 Å². The second-order valence-corrected chi connectivity index (χ2v) is 8.04. The van der Waals surface area contributed by atoms with Gasteiger partial charge >= 0.3 is 5.97 Å². The summed E-state index contributed by atoms with van der Waals surface area (Å²) < 4.78 is 10.6. The minimum absolute atomic E-state index is 0.0860. The van der Waals surface area contributed by atoms with E-state index in [1.54, 1.807) is 0 Å². The largest absolute Gasteiger partial charge is 0.459 e. The number of aliphatic hydroxyl groups excluding tert-OH is 1. The zero-order chi connectivity index (χ0) is 17.5. The number of allylic oxidation sites excluding steroid dienone is 2. The lowest BCUT2D eigenvalue weighted by molar-refractivity contribution is -0.135. The highest BCUT2D eigenvalue weighted by Crippen LogP contribution is 2.58. The molecule has 3 aliphatic rings. The second-order valence-electron chi connectivity index (χ2n) is 8.04. The van der Waals surface area contributed by atoms with Crippen molar-refractivity contribution in [2.75, 3.05) is 13.7 Å². The Morgan fingerprint density at radius 3 is 2.83 bits per heavy atom. The zero-order valence-electron chi connectivity index (χ0n) is 15.1. The average Bonchev–Trinajstić information content (AvgIpc) is 2.86. The molecule has 3 fully saturated rings. The molecule has 0 radical (unpaired) electrons. The van der Waals surface area contributed by atoms with Crippen molar-refractivity contribution in [1.29, 1.82) is 0 Å². The first-order chi connectivity index (χ1) is 11.4. The fourth-order valence-corrected chi connectivity index (χ4v) is 5.46. The third-order valence-corrected chi connectivity index (χ3v) is 6.94. The maximum atomic E-state index is 11.7. The van der Waals surface area contributed by atoms with Gasteiger partial charge in [0.1, 0.15) is 12.7 Å². The zero-order valence-corrected chi connectivity index (χ0v) is 15.1. The highest BCUT2D eigenvalue weighted by Gasteiger charge is 2.51. The Hall–Kier alpha value is -1.13. The van der Waals surface area contributed by atoms with E-state index in [4.69, 9.17) is 9.47 Å².